The maximum absolute atomic E-state index is 5.51. The Labute approximate surface area is 105 Å². The summed E-state index contributed by atoms with van der Waals surface area (Å²) in [6, 6.07) is 0.594. The summed E-state index contributed by atoms with van der Waals surface area (Å²) in [5.41, 5.74) is 0.132. The highest BCUT2D eigenvalue weighted by atomic mass is 16.5. The van der Waals surface area contributed by atoms with Crippen LogP contribution >= 0.6 is 0 Å². The van der Waals surface area contributed by atoms with E-state index >= 15 is 0 Å². The van der Waals surface area contributed by atoms with E-state index in [1.165, 1.54) is 6.42 Å². The maximum atomic E-state index is 5.51. The van der Waals surface area contributed by atoms with Crippen LogP contribution < -0.4 is 10.6 Å². The van der Waals surface area contributed by atoms with Crippen molar-refractivity contribution in [1.29, 1.82) is 0 Å². The van der Waals surface area contributed by atoms with E-state index in [4.69, 9.17) is 4.74 Å². The fraction of sp³-hybridized carbons (Fsp3) is 0.923. The second kappa shape index (κ2) is 5.71. The molecule has 0 aromatic heterocycles. The van der Waals surface area contributed by atoms with Crippen molar-refractivity contribution in [2.75, 3.05) is 20.7 Å². The first-order chi connectivity index (χ1) is 7.88. The second-order valence-electron chi connectivity index (χ2n) is 6.01. The zero-order valence-electron chi connectivity index (χ0n) is 12.0. The zero-order valence-corrected chi connectivity index (χ0v) is 12.0. The van der Waals surface area contributed by atoms with Gasteiger partial charge in [0.25, 0.3) is 0 Å². The Hall–Kier alpha value is -0.770. The lowest BCUT2D eigenvalue weighted by Crippen LogP contribution is -2.46. The van der Waals surface area contributed by atoms with Crippen molar-refractivity contribution in [1.82, 2.24) is 10.6 Å². The minimum Gasteiger partial charge on any atom is -0.379 e. The average Bonchev–Trinajstić information content (AvgIpc) is 2.91. The van der Waals surface area contributed by atoms with Gasteiger partial charge in [-0.3, -0.25) is 4.99 Å². The molecule has 4 nitrogen and oxygen atoms in total. The van der Waals surface area contributed by atoms with Crippen LogP contribution in [0.15, 0.2) is 4.99 Å². The predicted molar refractivity (Wildman–Crippen MR) is 72.3 cm³/mol. The quantitative estimate of drug-likeness (QED) is 0.581. The number of methoxy groups -OCH3 is 1. The molecule has 3 unspecified atom stereocenters. The van der Waals surface area contributed by atoms with Gasteiger partial charge in [-0.25, -0.2) is 0 Å². The minimum absolute atomic E-state index is 0.132. The third-order valence-corrected chi connectivity index (χ3v) is 3.36. The van der Waals surface area contributed by atoms with Gasteiger partial charge in [0, 0.05) is 26.7 Å². The van der Waals surface area contributed by atoms with E-state index in [1.54, 1.807) is 14.2 Å². The Morgan fingerprint density at radius 1 is 1.47 bits per heavy atom. The van der Waals surface area contributed by atoms with E-state index in [9.17, 15) is 0 Å². The summed E-state index contributed by atoms with van der Waals surface area (Å²) >= 11 is 0. The maximum Gasteiger partial charge on any atom is 0.191 e. The van der Waals surface area contributed by atoms with E-state index in [0.717, 1.165) is 18.4 Å². The summed E-state index contributed by atoms with van der Waals surface area (Å²) in [5, 5.41) is 6.74. The van der Waals surface area contributed by atoms with Gasteiger partial charge in [0.15, 0.2) is 5.96 Å². The van der Waals surface area contributed by atoms with Gasteiger partial charge in [-0.15, -0.1) is 0 Å². The Morgan fingerprint density at radius 2 is 2.06 bits per heavy atom. The summed E-state index contributed by atoms with van der Waals surface area (Å²) in [7, 11) is 3.57. The Morgan fingerprint density at radius 3 is 2.41 bits per heavy atom. The van der Waals surface area contributed by atoms with Crippen LogP contribution in [0, 0.1) is 11.3 Å². The number of hydrogen-bond donors (Lipinski definition) is 2. The number of nitrogens with one attached hydrogen (secondary N) is 2. The van der Waals surface area contributed by atoms with Gasteiger partial charge in [0.2, 0.25) is 0 Å². The standard InChI is InChI=1S/C13H27N3O/c1-9-7-10(9)16-12(14-5)15-8-11(17-6)13(2,3)4/h9-11H,7-8H2,1-6H3,(H2,14,15,16). The SMILES string of the molecule is CN=C(NCC(OC)C(C)(C)C)NC1CC1C. The van der Waals surface area contributed by atoms with E-state index in [0.29, 0.717) is 6.04 Å². The molecule has 1 saturated carbocycles. The number of nitrogens with zero attached hydrogens (tertiary/aromatic N) is 1. The van der Waals surface area contributed by atoms with Crippen molar-refractivity contribution in [3.8, 4) is 0 Å². The number of rotatable bonds is 4. The van der Waals surface area contributed by atoms with Gasteiger partial charge in [0.1, 0.15) is 0 Å². The first-order valence-corrected chi connectivity index (χ1v) is 6.38. The molecule has 0 saturated heterocycles. The van der Waals surface area contributed by atoms with Crippen molar-refractivity contribution >= 4 is 5.96 Å². The molecule has 0 aliphatic heterocycles. The van der Waals surface area contributed by atoms with Gasteiger partial charge in [-0.1, -0.05) is 27.7 Å². The lowest BCUT2D eigenvalue weighted by Gasteiger charge is -2.30. The van der Waals surface area contributed by atoms with Crippen LogP contribution in [0.5, 0.6) is 0 Å². The lowest BCUT2D eigenvalue weighted by atomic mass is 9.89. The molecule has 0 aromatic rings. The molecule has 1 rings (SSSR count). The van der Waals surface area contributed by atoms with Crippen molar-refractivity contribution in [2.24, 2.45) is 16.3 Å². The molecule has 100 valence electrons. The molecule has 1 fully saturated rings. The number of hydrogen-bond acceptors (Lipinski definition) is 2. The number of aliphatic imine (C=N–C) groups is 1. The molecule has 1 aliphatic rings. The highest BCUT2D eigenvalue weighted by molar-refractivity contribution is 5.80. The van der Waals surface area contributed by atoms with Crippen LogP contribution in [0.3, 0.4) is 0 Å². The third-order valence-electron chi connectivity index (χ3n) is 3.36. The Balaban J connectivity index is 2.36. The summed E-state index contributed by atoms with van der Waals surface area (Å²) in [6.45, 7) is 9.57. The largest absolute Gasteiger partial charge is 0.379 e. The molecule has 0 heterocycles. The fourth-order valence-corrected chi connectivity index (χ4v) is 1.83. The number of guanidine groups is 1. The molecule has 0 radical (unpaired) electrons. The Bertz CT molecular complexity index is 270. The van der Waals surface area contributed by atoms with Crippen molar-refractivity contribution in [3.05, 3.63) is 0 Å². The molecule has 0 aromatic carbocycles. The monoisotopic (exact) mass is 241 g/mol. The molecule has 4 heteroatoms. The van der Waals surface area contributed by atoms with Crippen molar-refractivity contribution in [2.45, 2.75) is 46.3 Å². The van der Waals surface area contributed by atoms with Crippen LogP contribution in [0.4, 0.5) is 0 Å². The van der Waals surface area contributed by atoms with Gasteiger partial charge in [-0.05, 0) is 17.8 Å². The van der Waals surface area contributed by atoms with Gasteiger partial charge < -0.3 is 15.4 Å². The van der Waals surface area contributed by atoms with Gasteiger partial charge in [0.05, 0.1) is 6.10 Å². The Kier molecular flexibility index (Phi) is 4.80. The van der Waals surface area contributed by atoms with Crippen LogP contribution in [-0.4, -0.2) is 38.8 Å². The highest BCUT2D eigenvalue weighted by Crippen LogP contribution is 2.28. The van der Waals surface area contributed by atoms with Gasteiger partial charge >= 0.3 is 0 Å². The summed E-state index contributed by atoms with van der Waals surface area (Å²) in [4.78, 5) is 4.23. The van der Waals surface area contributed by atoms with Crippen molar-refractivity contribution < 1.29 is 4.74 Å². The molecule has 17 heavy (non-hydrogen) atoms. The second-order valence-corrected chi connectivity index (χ2v) is 6.01. The van der Waals surface area contributed by atoms with Gasteiger partial charge in [-0.2, -0.15) is 0 Å². The van der Waals surface area contributed by atoms with Crippen LogP contribution in [0.1, 0.15) is 34.1 Å². The van der Waals surface area contributed by atoms with E-state index in [2.05, 4.69) is 43.3 Å². The predicted octanol–water partition coefficient (Wildman–Crippen LogP) is 1.62. The zero-order chi connectivity index (χ0) is 13.1. The van der Waals surface area contributed by atoms with Crippen LogP contribution in [-0.2, 0) is 4.74 Å². The van der Waals surface area contributed by atoms with E-state index in [1.807, 2.05) is 0 Å². The molecule has 1 aliphatic carbocycles. The smallest absolute Gasteiger partial charge is 0.191 e. The molecule has 2 N–H and O–H groups in total. The normalized spacial score (nSPS) is 26.6. The minimum atomic E-state index is 0.132. The van der Waals surface area contributed by atoms with Crippen LogP contribution in [0.2, 0.25) is 0 Å². The lowest BCUT2D eigenvalue weighted by molar-refractivity contribution is 0.0205. The molecular formula is C13H27N3O. The fourth-order valence-electron chi connectivity index (χ4n) is 1.83. The molecule has 0 amide bonds. The topological polar surface area (TPSA) is 45.7 Å². The highest BCUT2D eigenvalue weighted by Gasteiger charge is 2.33. The summed E-state index contributed by atoms with van der Waals surface area (Å²) in [5.74, 6) is 1.65. The molecular weight excluding hydrogens is 214 g/mol. The average molecular weight is 241 g/mol. The van der Waals surface area contributed by atoms with Crippen molar-refractivity contribution in [3.63, 3.8) is 0 Å². The molecule has 0 bridgehead atoms. The third kappa shape index (κ3) is 4.54. The van der Waals surface area contributed by atoms with E-state index < -0.39 is 0 Å². The first kappa shape index (κ1) is 14.3. The summed E-state index contributed by atoms with van der Waals surface area (Å²) < 4.78 is 5.51. The number of ether oxygens (including phenoxy) is 1. The van der Waals surface area contributed by atoms with E-state index in [-0.39, 0.29) is 11.5 Å². The molecule has 3 atom stereocenters. The molecule has 0 spiro atoms. The summed E-state index contributed by atoms with van der Waals surface area (Å²) in [6.07, 6.45) is 1.42. The van der Waals surface area contributed by atoms with Crippen LogP contribution in [0.25, 0.3) is 0 Å². The first-order valence-electron chi connectivity index (χ1n) is 6.38.